The Labute approximate surface area is 105 Å². The minimum Gasteiger partial charge on any atom is -0.411 e. The van der Waals surface area contributed by atoms with Gasteiger partial charge in [0.15, 0.2) is 0 Å². The molecular formula is C7H2Cl5NO. The van der Waals surface area contributed by atoms with Gasteiger partial charge in [0, 0.05) is 5.56 Å². The van der Waals surface area contributed by atoms with Crippen LogP contribution in [-0.2, 0) is 0 Å². The van der Waals surface area contributed by atoms with Gasteiger partial charge in [0.05, 0.1) is 31.3 Å². The van der Waals surface area contributed by atoms with Gasteiger partial charge in [-0.15, -0.1) is 0 Å². The summed E-state index contributed by atoms with van der Waals surface area (Å²) in [5.41, 5.74) is 0.218. The van der Waals surface area contributed by atoms with Crippen molar-refractivity contribution >= 4 is 64.2 Å². The first-order valence-corrected chi connectivity index (χ1v) is 5.08. The summed E-state index contributed by atoms with van der Waals surface area (Å²) in [7, 11) is 0. The molecule has 0 heterocycles. The third-order valence-corrected chi connectivity index (χ3v) is 3.74. The monoisotopic (exact) mass is 291 g/mol. The van der Waals surface area contributed by atoms with Gasteiger partial charge < -0.3 is 5.21 Å². The first-order chi connectivity index (χ1) is 6.50. The predicted molar refractivity (Wildman–Crippen MR) is 60.9 cm³/mol. The van der Waals surface area contributed by atoms with Crippen LogP contribution < -0.4 is 0 Å². The lowest BCUT2D eigenvalue weighted by molar-refractivity contribution is 0.322. The number of benzene rings is 1. The molecule has 0 saturated carbocycles. The molecule has 0 aliphatic rings. The van der Waals surface area contributed by atoms with E-state index in [1.807, 2.05) is 0 Å². The van der Waals surface area contributed by atoms with E-state index in [9.17, 15) is 0 Å². The van der Waals surface area contributed by atoms with E-state index in [0.29, 0.717) is 0 Å². The van der Waals surface area contributed by atoms with Crippen molar-refractivity contribution in [2.45, 2.75) is 0 Å². The molecule has 1 aromatic carbocycles. The standard InChI is InChI=1S/C7H2Cl5NO/c8-3-2(1-13-14)4(9)6(11)7(12)5(3)10/h1,14H. The molecule has 0 amide bonds. The van der Waals surface area contributed by atoms with Gasteiger partial charge in [-0.1, -0.05) is 63.2 Å². The maximum Gasteiger partial charge on any atom is 0.0809 e. The molecule has 0 unspecified atom stereocenters. The van der Waals surface area contributed by atoms with Gasteiger partial charge in [-0.25, -0.2) is 0 Å². The van der Waals surface area contributed by atoms with Crippen LogP contribution in [0.25, 0.3) is 0 Å². The maximum absolute atomic E-state index is 8.35. The van der Waals surface area contributed by atoms with Crippen LogP contribution in [0.2, 0.25) is 25.1 Å². The fraction of sp³-hybridized carbons (Fsp3) is 0. The molecule has 7 heteroatoms. The molecule has 1 rings (SSSR count). The topological polar surface area (TPSA) is 32.6 Å². The Morgan fingerprint density at radius 1 is 0.786 bits per heavy atom. The first kappa shape index (κ1) is 12.2. The zero-order valence-electron chi connectivity index (χ0n) is 6.36. The highest BCUT2D eigenvalue weighted by molar-refractivity contribution is 6.56. The molecule has 0 saturated heterocycles. The van der Waals surface area contributed by atoms with E-state index in [1.54, 1.807) is 0 Å². The largest absolute Gasteiger partial charge is 0.411 e. The molecule has 1 aromatic rings. The zero-order valence-corrected chi connectivity index (χ0v) is 10.1. The highest BCUT2D eigenvalue weighted by Gasteiger charge is 2.17. The molecule has 0 fully saturated rings. The van der Waals surface area contributed by atoms with Gasteiger partial charge in [-0.05, 0) is 0 Å². The Hall–Kier alpha value is 0.140. The Bertz CT molecular complexity index is 375. The lowest BCUT2D eigenvalue weighted by atomic mass is 10.2. The number of hydrogen-bond acceptors (Lipinski definition) is 2. The van der Waals surface area contributed by atoms with Crippen LogP contribution in [0.4, 0.5) is 0 Å². The minimum atomic E-state index is 0.0673. The van der Waals surface area contributed by atoms with Crippen molar-refractivity contribution in [3.63, 3.8) is 0 Å². The van der Waals surface area contributed by atoms with E-state index in [4.69, 9.17) is 63.2 Å². The van der Waals surface area contributed by atoms with Gasteiger partial charge in [0.1, 0.15) is 0 Å². The lowest BCUT2D eigenvalue weighted by Crippen LogP contribution is -1.89. The Morgan fingerprint density at radius 2 is 1.14 bits per heavy atom. The summed E-state index contributed by atoms with van der Waals surface area (Å²) < 4.78 is 0. The second-order valence-corrected chi connectivity index (χ2v) is 4.12. The van der Waals surface area contributed by atoms with Crippen LogP contribution in [0.15, 0.2) is 5.16 Å². The van der Waals surface area contributed by atoms with Crippen molar-refractivity contribution in [3.05, 3.63) is 30.7 Å². The van der Waals surface area contributed by atoms with E-state index in [-0.39, 0.29) is 30.7 Å². The van der Waals surface area contributed by atoms with Crippen molar-refractivity contribution < 1.29 is 5.21 Å². The minimum absolute atomic E-state index is 0.0673. The van der Waals surface area contributed by atoms with E-state index in [0.717, 1.165) is 6.21 Å². The van der Waals surface area contributed by atoms with Crippen LogP contribution in [-0.4, -0.2) is 11.4 Å². The molecule has 0 aliphatic carbocycles. The number of rotatable bonds is 1. The third-order valence-electron chi connectivity index (χ3n) is 1.43. The summed E-state index contributed by atoms with van der Waals surface area (Å²) in [6.07, 6.45) is 1.03. The summed E-state index contributed by atoms with van der Waals surface area (Å²) in [6.45, 7) is 0. The summed E-state index contributed by atoms with van der Waals surface area (Å²) in [5.74, 6) is 0. The Kier molecular flexibility index (Phi) is 4.16. The molecular weight excluding hydrogens is 291 g/mol. The summed E-state index contributed by atoms with van der Waals surface area (Å²) in [5, 5.41) is 11.5. The zero-order chi connectivity index (χ0) is 10.9. The molecule has 0 aromatic heterocycles. The van der Waals surface area contributed by atoms with Gasteiger partial charge in [0.2, 0.25) is 0 Å². The smallest absolute Gasteiger partial charge is 0.0809 e. The van der Waals surface area contributed by atoms with Crippen molar-refractivity contribution in [1.29, 1.82) is 0 Å². The number of hydrogen-bond donors (Lipinski definition) is 1. The van der Waals surface area contributed by atoms with Crippen LogP contribution >= 0.6 is 58.0 Å². The SMILES string of the molecule is ON=Cc1c(Cl)c(Cl)c(Cl)c(Cl)c1Cl. The summed E-state index contributed by atoms with van der Waals surface area (Å²) in [6, 6.07) is 0. The van der Waals surface area contributed by atoms with Gasteiger partial charge in [0.25, 0.3) is 0 Å². The summed E-state index contributed by atoms with van der Waals surface area (Å²) in [4.78, 5) is 0. The number of oxime groups is 1. The molecule has 0 radical (unpaired) electrons. The van der Waals surface area contributed by atoms with Crippen LogP contribution in [0.3, 0.4) is 0 Å². The molecule has 0 atom stereocenters. The Balaban J connectivity index is 3.59. The normalized spacial score (nSPS) is 11.2. The van der Waals surface area contributed by atoms with Crippen molar-refractivity contribution in [2.75, 3.05) is 0 Å². The first-order valence-electron chi connectivity index (χ1n) is 3.19. The number of halogens is 5. The highest BCUT2D eigenvalue weighted by Crippen LogP contribution is 2.43. The quantitative estimate of drug-likeness (QED) is 0.261. The predicted octanol–water partition coefficient (Wildman–Crippen LogP) is 4.76. The molecule has 14 heavy (non-hydrogen) atoms. The molecule has 2 nitrogen and oxygen atoms in total. The van der Waals surface area contributed by atoms with Gasteiger partial charge in [-0.3, -0.25) is 0 Å². The highest BCUT2D eigenvalue weighted by atomic mass is 35.5. The lowest BCUT2D eigenvalue weighted by Gasteiger charge is -2.07. The number of nitrogens with zero attached hydrogens (tertiary/aromatic N) is 1. The molecule has 1 N–H and O–H groups in total. The fourth-order valence-corrected chi connectivity index (χ4v) is 2.04. The second kappa shape index (κ2) is 4.77. The van der Waals surface area contributed by atoms with Crippen molar-refractivity contribution in [3.8, 4) is 0 Å². The summed E-state index contributed by atoms with van der Waals surface area (Å²) >= 11 is 28.8. The maximum atomic E-state index is 8.35. The van der Waals surface area contributed by atoms with E-state index >= 15 is 0 Å². The molecule has 0 spiro atoms. The molecule has 0 bridgehead atoms. The van der Waals surface area contributed by atoms with Crippen LogP contribution in [0, 0.1) is 0 Å². The molecule has 0 aliphatic heterocycles. The average molecular weight is 293 g/mol. The second-order valence-electron chi connectivity index (χ2n) is 2.23. The fourth-order valence-electron chi connectivity index (χ4n) is 0.793. The average Bonchev–Trinajstić information content (AvgIpc) is 2.19. The van der Waals surface area contributed by atoms with Gasteiger partial charge >= 0.3 is 0 Å². The van der Waals surface area contributed by atoms with Crippen molar-refractivity contribution in [1.82, 2.24) is 0 Å². The van der Waals surface area contributed by atoms with E-state index < -0.39 is 0 Å². The Morgan fingerprint density at radius 3 is 1.50 bits per heavy atom. The van der Waals surface area contributed by atoms with E-state index in [2.05, 4.69) is 5.16 Å². The van der Waals surface area contributed by atoms with Crippen LogP contribution in [0.5, 0.6) is 0 Å². The van der Waals surface area contributed by atoms with Gasteiger partial charge in [-0.2, -0.15) is 0 Å². The van der Waals surface area contributed by atoms with Crippen molar-refractivity contribution in [2.24, 2.45) is 5.16 Å². The third kappa shape index (κ3) is 2.05. The van der Waals surface area contributed by atoms with E-state index in [1.165, 1.54) is 0 Å². The molecule has 76 valence electrons. The van der Waals surface area contributed by atoms with Crippen LogP contribution in [0.1, 0.15) is 5.56 Å².